The van der Waals surface area contributed by atoms with E-state index >= 15 is 0 Å². The molecule has 2 rings (SSSR count). The van der Waals surface area contributed by atoms with Crippen LogP contribution in [0.3, 0.4) is 0 Å². The Labute approximate surface area is 193 Å². The standard InChI is InChI=1S/C23H35N3O5S/c1-6-7-12-26(3)13-8-11-24-22(27)16-32(28)15-19-17(2)31-23(25-19)18-9-10-20(29-4)21(14-18)30-5/h9-10,14H,6-8,11-13,15-16H2,1-5H3,(H,24,27)/t32-/m0/s1. The highest BCUT2D eigenvalue weighted by Gasteiger charge is 2.17. The molecule has 32 heavy (non-hydrogen) atoms. The van der Waals surface area contributed by atoms with Crippen LogP contribution < -0.4 is 14.8 Å². The molecule has 178 valence electrons. The Hall–Kier alpha value is -2.39. The molecule has 0 fully saturated rings. The van der Waals surface area contributed by atoms with Crippen molar-refractivity contribution in [3.05, 3.63) is 29.7 Å². The largest absolute Gasteiger partial charge is 0.493 e. The number of carbonyl (C=O) groups excluding carboxylic acids is 1. The average Bonchev–Trinajstić information content (AvgIpc) is 3.14. The Morgan fingerprint density at radius 3 is 2.59 bits per heavy atom. The minimum Gasteiger partial charge on any atom is -0.493 e. The molecule has 8 nitrogen and oxygen atoms in total. The average molecular weight is 466 g/mol. The number of aryl methyl sites for hydroxylation is 1. The van der Waals surface area contributed by atoms with Gasteiger partial charge in [-0.15, -0.1) is 0 Å². The van der Waals surface area contributed by atoms with Gasteiger partial charge in [0, 0.05) is 22.9 Å². The summed E-state index contributed by atoms with van der Waals surface area (Å²) in [5.41, 5.74) is 1.31. The fourth-order valence-electron chi connectivity index (χ4n) is 3.17. The summed E-state index contributed by atoms with van der Waals surface area (Å²) in [6.45, 7) is 6.53. The molecule has 0 unspecified atom stereocenters. The topological polar surface area (TPSA) is 93.9 Å². The highest BCUT2D eigenvalue weighted by molar-refractivity contribution is 7.84. The molecule has 0 spiro atoms. The Kier molecular flexibility index (Phi) is 10.7. The molecule has 0 aliphatic heterocycles. The van der Waals surface area contributed by atoms with Gasteiger partial charge in [0.25, 0.3) is 0 Å². The molecular weight excluding hydrogens is 430 g/mol. The summed E-state index contributed by atoms with van der Waals surface area (Å²) in [6.07, 6.45) is 3.22. The van der Waals surface area contributed by atoms with Crippen molar-refractivity contribution in [1.82, 2.24) is 15.2 Å². The molecule has 0 bridgehead atoms. The van der Waals surface area contributed by atoms with Crippen LogP contribution in [0.15, 0.2) is 22.6 Å². The maximum Gasteiger partial charge on any atom is 0.232 e. The van der Waals surface area contributed by atoms with Crippen molar-refractivity contribution in [1.29, 1.82) is 0 Å². The molecule has 0 aliphatic carbocycles. The second-order valence-corrected chi connectivity index (χ2v) is 9.14. The van der Waals surface area contributed by atoms with Gasteiger partial charge in [-0.1, -0.05) is 13.3 Å². The van der Waals surface area contributed by atoms with E-state index in [4.69, 9.17) is 13.9 Å². The lowest BCUT2D eigenvalue weighted by molar-refractivity contribution is -0.118. The van der Waals surface area contributed by atoms with Crippen LogP contribution in [0, 0.1) is 6.92 Å². The molecule has 0 saturated heterocycles. The Morgan fingerprint density at radius 1 is 1.19 bits per heavy atom. The van der Waals surface area contributed by atoms with E-state index in [1.165, 1.54) is 12.8 Å². The molecule has 0 radical (unpaired) electrons. The minimum atomic E-state index is -1.37. The first-order chi connectivity index (χ1) is 15.4. The SMILES string of the molecule is CCCCN(C)CCCNC(=O)C[S@@](=O)Cc1nc(-c2ccc(OC)c(OC)c2)oc1C. The van der Waals surface area contributed by atoms with Gasteiger partial charge in [0.2, 0.25) is 11.8 Å². The first-order valence-corrected chi connectivity index (χ1v) is 12.4. The van der Waals surface area contributed by atoms with E-state index in [9.17, 15) is 9.00 Å². The predicted octanol–water partition coefficient (Wildman–Crippen LogP) is 3.15. The normalized spacial score (nSPS) is 12.1. The van der Waals surface area contributed by atoms with Gasteiger partial charge in [-0.05, 0) is 58.1 Å². The van der Waals surface area contributed by atoms with Gasteiger partial charge >= 0.3 is 0 Å². The van der Waals surface area contributed by atoms with Crippen LogP contribution in [0.5, 0.6) is 11.5 Å². The second kappa shape index (κ2) is 13.2. The minimum absolute atomic E-state index is 0.0519. The smallest absolute Gasteiger partial charge is 0.232 e. The van der Waals surface area contributed by atoms with Crippen molar-refractivity contribution in [2.24, 2.45) is 0 Å². The van der Waals surface area contributed by atoms with Gasteiger partial charge in [-0.25, -0.2) is 4.98 Å². The van der Waals surface area contributed by atoms with Gasteiger partial charge in [0.1, 0.15) is 11.5 Å². The number of amides is 1. The molecule has 1 N–H and O–H groups in total. The van der Waals surface area contributed by atoms with Crippen molar-refractivity contribution in [3.63, 3.8) is 0 Å². The number of hydrogen-bond donors (Lipinski definition) is 1. The number of aromatic nitrogens is 1. The van der Waals surface area contributed by atoms with Crippen LogP contribution >= 0.6 is 0 Å². The Bertz CT molecular complexity index is 900. The first kappa shape index (κ1) is 25.9. The number of oxazole rings is 1. The van der Waals surface area contributed by atoms with Crippen molar-refractivity contribution in [3.8, 4) is 23.0 Å². The molecule has 1 amide bonds. The quantitative estimate of drug-likeness (QED) is 0.428. The zero-order valence-corrected chi connectivity index (χ0v) is 20.5. The third-order valence-corrected chi connectivity index (χ3v) is 6.22. The van der Waals surface area contributed by atoms with Crippen LogP contribution in [-0.2, 0) is 21.3 Å². The molecule has 0 aliphatic rings. The molecule has 1 aromatic carbocycles. The highest BCUT2D eigenvalue weighted by Crippen LogP contribution is 2.32. The lowest BCUT2D eigenvalue weighted by Crippen LogP contribution is -2.31. The number of ether oxygens (including phenoxy) is 2. The van der Waals surface area contributed by atoms with Crippen molar-refractivity contribution in [2.45, 2.75) is 38.9 Å². The molecule has 9 heteroatoms. The number of nitrogens with one attached hydrogen (secondary N) is 1. The third-order valence-electron chi connectivity index (χ3n) is 5.05. The van der Waals surface area contributed by atoms with Gasteiger partial charge in [0.15, 0.2) is 11.5 Å². The summed E-state index contributed by atoms with van der Waals surface area (Å²) in [5.74, 6) is 2.07. The summed E-state index contributed by atoms with van der Waals surface area (Å²) >= 11 is 0. The second-order valence-electron chi connectivity index (χ2n) is 7.68. The Morgan fingerprint density at radius 2 is 1.91 bits per heavy atom. The van der Waals surface area contributed by atoms with E-state index in [2.05, 4.69) is 29.2 Å². The predicted molar refractivity (Wildman–Crippen MR) is 127 cm³/mol. The van der Waals surface area contributed by atoms with Crippen LogP contribution in [0.4, 0.5) is 0 Å². The van der Waals surface area contributed by atoms with Gasteiger partial charge in [0.05, 0.1) is 25.7 Å². The zero-order chi connectivity index (χ0) is 23.5. The molecular formula is C23H35N3O5S. The van der Waals surface area contributed by atoms with E-state index in [1.807, 2.05) is 6.07 Å². The highest BCUT2D eigenvalue weighted by atomic mass is 32.2. The van der Waals surface area contributed by atoms with E-state index in [0.29, 0.717) is 35.4 Å². The van der Waals surface area contributed by atoms with Crippen molar-refractivity contribution in [2.75, 3.05) is 46.7 Å². The summed E-state index contributed by atoms with van der Waals surface area (Å²) in [4.78, 5) is 18.9. The third kappa shape index (κ3) is 7.94. The van der Waals surface area contributed by atoms with Gasteiger partial charge in [-0.2, -0.15) is 0 Å². The Balaban J connectivity index is 1.85. The fraction of sp³-hybridized carbons (Fsp3) is 0.565. The van der Waals surface area contributed by atoms with Crippen LogP contribution in [0.25, 0.3) is 11.5 Å². The van der Waals surface area contributed by atoms with Crippen LogP contribution in [-0.4, -0.2) is 66.7 Å². The van der Waals surface area contributed by atoms with Crippen LogP contribution in [0.1, 0.15) is 37.6 Å². The number of hydrogen-bond acceptors (Lipinski definition) is 7. The van der Waals surface area contributed by atoms with Crippen LogP contribution in [0.2, 0.25) is 0 Å². The molecule has 1 heterocycles. The molecule has 1 aromatic heterocycles. The number of unbranched alkanes of at least 4 members (excludes halogenated alkanes) is 1. The summed E-state index contributed by atoms with van der Waals surface area (Å²) in [7, 11) is 3.85. The van der Waals surface area contributed by atoms with Gasteiger partial charge < -0.3 is 24.1 Å². The van der Waals surface area contributed by atoms with Crippen molar-refractivity contribution < 1.29 is 22.9 Å². The summed E-state index contributed by atoms with van der Waals surface area (Å²) < 4.78 is 28.8. The molecule has 2 aromatic rings. The maximum atomic E-state index is 12.5. The lowest BCUT2D eigenvalue weighted by atomic mass is 10.2. The van der Waals surface area contributed by atoms with E-state index in [-0.39, 0.29) is 17.4 Å². The maximum absolute atomic E-state index is 12.5. The summed E-state index contributed by atoms with van der Waals surface area (Å²) in [6, 6.07) is 5.37. The molecule has 1 atom stereocenters. The zero-order valence-electron chi connectivity index (χ0n) is 19.7. The van der Waals surface area contributed by atoms with Gasteiger partial charge in [-0.3, -0.25) is 9.00 Å². The van der Waals surface area contributed by atoms with E-state index in [1.54, 1.807) is 33.3 Å². The molecule has 0 saturated carbocycles. The summed E-state index contributed by atoms with van der Waals surface area (Å²) in [5, 5.41) is 2.85. The number of benzene rings is 1. The number of methoxy groups -OCH3 is 2. The van der Waals surface area contributed by atoms with Crippen molar-refractivity contribution >= 4 is 16.7 Å². The number of rotatable bonds is 14. The fourth-order valence-corrected chi connectivity index (χ4v) is 4.24. The number of carbonyl (C=O) groups is 1. The monoisotopic (exact) mass is 465 g/mol. The lowest BCUT2D eigenvalue weighted by Gasteiger charge is -2.15. The first-order valence-electron chi connectivity index (χ1n) is 10.9. The van der Waals surface area contributed by atoms with E-state index < -0.39 is 10.8 Å². The van der Waals surface area contributed by atoms with E-state index in [0.717, 1.165) is 25.1 Å². The number of nitrogens with zero attached hydrogens (tertiary/aromatic N) is 2.